The van der Waals surface area contributed by atoms with Crippen LogP contribution in [-0.4, -0.2) is 7.11 Å². The zero-order chi connectivity index (χ0) is 9.68. The minimum absolute atomic E-state index is 0.435. The van der Waals surface area contributed by atoms with E-state index in [1.807, 2.05) is 6.07 Å². The molecule has 3 heteroatoms. The number of benzene rings is 1. The topological polar surface area (TPSA) is 33.0 Å². The summed E-state index contributed by atoms with van der Waals surface area (Å²) in [5.41, 5.74) is 0.809. The molecule has 0 heterocycles. The maximum atomic E-state index is 8.36. The maximum Gasteiger partial charge on any atom is 0.118 e. The highest BCUT2D eigenvalue weighted by molar-refractivity contribution is 6.48. The van der Waals surface area contributed by atoms with Gasteiger partial charge in [-0.1, -0.05) is 11.6 Å². The molecule has 1 rings (SSSR count). The number of methoxy groups -OCH3 is 1. The zero-order valence-corrected chi connectivity index (χ0v) is 7.88. The predicted octanol–water partition coefficient (Wildman–Crippen LogP) is 2.80. The molecule has 0 radical (unpaired) electrons. The molecule has 0 aliphatic carbocycles. The lowest BCUT2D eigenvalue weighted by atomic mass is 10.2. The maximum absolute atomic E-state index is 8.36. The highest BCUT2D eigenvalue weighted by Gasteiger charge is 1.97. The average molecular weight is 194 g/mol. The van der Waals surface area contributed by atoms with Gasteiger partial charge in [-0.2, -0.15) is 5.26 Å². The first kappa shape index (κ1) is 9.63. The summed E-state index contributed by atoms with van der Waals surface area (Å²) < 4.78 is 4.98. The van der Waals surface area contributed by atoms with Gasteiger partial charge in [0.05, 0.1) is 18.2 Å². The van der Waals surface area contributed by atoms with Crippen LogP contribution in [0.3, 0.4) is 0 Å². The summed E-state index contributed by atoms with van der Waals surface area (Å²) in [5, 5.41) is 8.80. The van der Waals surface area contributed by atoms with E-state index in [9.17, 15) is 0 Å². The van der Waals surface area contributed by atoms with Crippen molar-refractivity contribution in [2.24, 2.45) is 0 Å². The quantitative estimate of drug-likeness (QED) is 0.677. The van der Waals surface area contributed by atoms with Crippen molar-refractivity contribution in [1.29, 1.82) is 5.26 Å². The normalized spacial score (nSPS) is 10.7. The van der Waals surface area contributed by atoms with Crippen molar-refractivity contribution in [3.8, 4) is 11.8 Å². The van der Waals surface area contributed by atoms with E-state index in [1.54, 1.807) is 31.4 Å². The van der Waals surface area contributed by atoms with Crippen molar-refractivity contribution in [2.45, 2.75) is 0 Å². The summed E-state index contributed by atoms with van der Waals surface area (Å²) in [7, 11) is 1.60. The lowest BCUT2D eigenvalue weighted by molar-refractivity contribution is 0.415. The lowest BCUT2D eigenvalue weighted by Crippen LogP contribution is -1.82. The van der Waals surface area contributed by atoms with Crippen LogP contribution in [0.4, 0.5) is 0 Å². The SMILES string of the molecule is COc1ccc(C(Cl)=CC#N)cc1. The van der Waals surface area contributed by atoms with Gasteiger partial charge < -0.3 is 4.74 Å². The van der Waals surface area contributed by atoms with Crippen molar-refractivity contribution in [1.82, 2.24) is 0 Å². The van der Waals surface area contributed by atoms with Crippen LogP contribution in [0.25, 0.3) is 5.03 Å². The number of hydrogen-bond donors (Lipinski definition) is 0. The summed E-state index contributed by atoms with van der Waals surface area (Å²) in [6.45, 7) is 0. The van der Waals surface area contributed by atoms with Crippen molar-refractivity contribution in [2.75, 3.05) is 7.11 Å². The Morgan fingerprint density at radius 1 is 1.46 bits per heavy atom. The molecule has 2 nitrogen and oxygen atoms in total. The number of nitrogens with zero attached hydrogens (tertiary/aromatic N) is 1. The van der Waals surface area contributed by atoms with Crippen LogP contribution in [0.1, 0.15) is 5.56 Å². The highest BCUT2D eigenvalue weighted by Crippen LogP contribution is 2.20. The molecule has 0 spiro atoms. The van der Waals surface area contributed by atoms with Crippen molar-refractivity contribution < 1.29 is 4.74 Å². The van der Waals surface area contributed by atoms with Crippen LogP contribution in [-0.2, 0) is 0 Å². The average Bonchev–Trinajstić information content (AvgIpc) is 2.18. The third kappa shape index (κ3) is 2.50. The Kier molecular flexibility index (Phi) is 3.36. The molecule has 0 saturated carbocycles. The van der Waals surface area contributed by atoms with E-state index < -0.39 is 0 Å². The minimum atomic E-state index is 0.435. The van der Waals surface area contributed by atoms with E-state index in [-0.39, 0.29) is 0 Å². The second-order valence-corrected chi connectivity index (χ2v) is 2.76. The summed E-state index contributed by atoms with van der Waals surface area (Å²) >= 11 is 5.80. The van der Waals surface area contributed by atoms with E-state index in [4.69, 9.17) is 21.6 Å². The molecule has 0 fully saturated rings. The Morgan fingerprint density at radius 2 is 2.08 bits per heavy atom. The zero-order valence-electron chi connectivity index (χ0n) is 7.12. The van der Waals surface area contributed by atoms with Crippen LogP contribution in [0.15, 0.2) is 30.3 Å². The molecule has 0 atom stereocenters. The fourth-order valence-electron chi connectivity index (χ4n) is 0.890. The van der Waals surface area contributed by atoms with Gasteiger partial charge in [0, 0.05) is 6.08 Å². The first-order chi connectivity index (χ1) is 6.27. The number of rotatable bonds is 2. The van der Waals surface area contributed by atoms with Gasteiger partial charge in [-0.05, 0) is 29.8 Å². The van der Waals surface area contributed by atoms with Crippen LogP contribution in [0.2, 0.25) is 0 Å². The molecule has 1 aromatic rings. The molecule has 13 heavy (non-hydrogen) atoms. The third-order valence-electron chi connectivity index (χ3n) is 1.56. The molecule has 0 aliphatic rings. The number of halogens is 1. The summed E-state index contributed by atoms with van der Waals surface area (Å²) in [5.74, 6) is 0.769. The highest BCUT2D eigenvalue weighted by atomic mass is 35.5. The van der Waals surface area contributed by atoms with Crippen LogP contribution < -0.4 is 4.74 Å². The molecule has 0 aliphatic heterocycles. The Hall–Kier alpha value is -1.46. The van der Waals surface area contributed by atoms with E-state index in [0.29, 0.717) is 5.03 Å². The lowest BCUT2D eigenvalue weighted by Gasteiger charge is -2.00. The molecule has 66 valence electrons. The number of allylic oxidation sites excluding steroid dienone is 1. The van der Waals surface area contributed by atoms with Gasteiger partial charge in [-0.3, -0.25) is 0 Å². The predicted molar refractivity (Wildman–Crippen MR) is 52.4 cm³/mol. The van der Waals surface area contributed by atoms with Gasteiger partial charge in [0.1, 0.15) is 5.75 Å². The second kappa shape index (κ2) is 4.54. The van der Waals surface area contributed by atoms with Crippen LogP contribution in [0, 0.1) is 11.3 Å². The monoisotopic (exact) mass is 193 g/mol. The molecule has 0 aromatic heterocycles. The number of ether oxygens (including phenoxy) is 1. The Balaban J connectivity index is 2.94. The molecule has 0 unspecified atom stereocenters. The van der Waals surface area contributed by atoms with Gasteiger partial charge in [0.15, 0.2) is 0 Å². The molecule has 0 amide bonds. The first-order valence-corrected chi connectivity index (χ1v) is 4.05. The number of hydrogen-bond acceptors (Lipinski definition) is 2. The fraction of sp³-hybridized carbons (Fsp3) is 0.100. The first-order valence-electron chi connectivity index (χ1n) is 3.67. The molecule has 1 aromatic carbocycles. The van der Waals surface area contributed by atoms with E-state index in [2.05, 4.69) is 0 Å². The van der Waals surface area contributed by atoms with Crippen molar-refractivity contribution >= 4 is 16.6 Å². The molecular formula is C10H8ClNO. The van der Waals surface area contributed by atoms with E-state index in [1.165, 1.54) is 6.08 Å². The minimum Gasteiger partial charge on any atom is -0.497 e. The molecule has 0 bridgehead atoms. The van der Waals surface area contributed by atoms with Gasteiger partial charge >= 0.3 is 0 Å². The summed E-state index contributed by atoms with van der Waals surface area (Å²) in [6, 6.07) is 9.06. The van der Waals surface area contributed by atoms with E-state index >= 15 is 0 Å². The Morgan fingerprint density at radius 3 is 2.54 bits per heavy atom. The smallest absolute Gasteiger partial charge is 0.118 e. The van der Waals surface area contributed by atoms with Gasteiger partial charge in [-0.15, -0.1) is 0 Å². The van der Waals surface area contributed by atoms with Gasteiger partial charge in [0.2, 0.25) is 0 Å². The summed E-state index contributed by atoms with van der Waals surface area (Å²) in [6.07, 6.45) is 1.30. The van der Waals surface area contributed by atoms with Gasteiger partial charge in [0.25, 0.3) is 0 Å². The van der Waals surface area contributed by atoms with E-state index in [0.717, 1.165) is 11.3 Å². The molecular weight excluding hydrogens is 186 g/mol. The standard InChI is InChI=1S/C10H8ClNO/c1-13-9-4-2-8(3-5-9)10(11)6-7-12/h2-6H,1H3. The second-order valence-electron chi connectivity index (χ2n) is 2.35. The van der Waals surface area contributed by atoms with Crippen molar-refractivity contribution in [3.63, 3.8) is 0 Å². The third-order valence-corrected chi connectivity index (χ3v) is 1.88. The fourth-order valence-corrected chi connectivity index (χ4v) is 1.07. The van der Waals surface area contributed by atoms with Crippen LogP contribution >= 0.6 is 11.6 Å². The van der Waals surface area contributed by atoms with Gasteiger partial charge in [-0.25, -0.2) is 0 Å². The number of nitriles is 1. The molecule has 0 saturated heterocycles. The van der Waals surface area contributed by atoms with Crippen LogP contribution in [0.5, 0.6) is 5.75 Å². The van der Waals surface area contributed by atoms with Crippen molar-refractivity contribution in [3.05, 3.63) is 35.9 Å². The Labute approximate surface area is 82.0 Å². The Bertz CT molecular complexity index is 348. The summed E-state index contributed by atoms with van der Waals surface area (Å²) in [4.78, 5) is 0. The largest absolute Gasteiger partial charge is 0.497 e. The molecule has 0 N–H and O–H groups in total.